The van der Waals surface area contributed by atoms with Gasteiger partial charge in [-0.2, -0.15) is 0 Å². The molecule has 0 N–H and O–H groups in total. The number of hydrogen-bond donors (Lipinski definition) is 0. The van der Waals surface area contributed by atoms with E-state index in [0.717, 1.165) is 11.1 Å². The van der Waals surface area contributed by atoms with Crippen molar-refractivity contribution < 1.29 is 9.59 Å². The van der Waals surface area contributed by atoms with Crippen molar-refractivity contribution in [2.24, 2.45) is 11.8 Å². The van der Waals surface area contributed by atoms with E-state index in [1.807, 2.05) is 66.7 Å². The maximum absolute atomic E-state index is 13.4. The summed E-state index contributed by atoms with van der Waals surface area (Å²) >= 11 is 0. The number of carbonyl (C=O) groups is 2. The van der Waals surface area contributed by atoms with Crippen molar-refractivity contribution in [3.05, 3.63) is 108 Å². The van der Waals surface area contributed by atoms with Crippen molar-refractivity contribution in [1.82, 2.24) is 0 Å². The van der Waals surface area contributed by atoms with Gasteiger partial charge in [-0.3, -0.25) is 9.59 Å². The number of carbonyl (C=O) groups excluding carboxylic acids is 2. The zero-order valence-corrected chi connectivity index (χ0v) is 15.3. The van der Waals surface area contributed by atoms with Crippen LogP contribution in [0.5, 0.6) is 0 Å². The number of ketones is 2. The maximum Gasteiger partial charge on any atom is 0.167 e. The highest BCUT2D eigenvalue weighted by Gasteiger charge is 2.56. The molecule has 4 rings (SSSR count). The average molecular weight is 354 g/mol. The summed E-state index contributed by atoms with van der Waals surface area (Å²) in [4.78, 5) is 25.9. The van der Waals surface area contributed by atoms with Gasteiger partial charge in [0.1, 0.15) is 5.78 Å². The van der Waals surface area contributed by atoms with Crippen molar-refractivity contribution in [3.63, 3.8) is 0 Å². The molecule has 0 spiro atoms. The predicted octanol–water partition coefficient (Wildman–Crippen LogP) is 5.27. The number of rotatable bonds is 5. The van der Waals surface area contributed by atoms with Crippen LogP contribution in [0.25, 0.3) is 0 Å². The highest BCUT2D eigenvalue weighted by atomic mass is 16.1. The van der Waals surface area contributed by atoms with Crippen molar-refractivity contribution in [2.75, 3.05) is 0 Å². The molecule has 1 aliphatic rings. The molecule has 0 amide bonds. The van der Waals surface area contributed by atoms with Gasteiger partial charge in [0.25, 0.3) is 0 Å². The van der Waals surface area contributed by atoms with Crippen molar-refractivity contribution in [1.29, 1.82) is 0 Å². The second kappa shape index (κ2) is 7.32. The molecule has 0 bridgehead atoms. The van der Waals surface area contributed by atoms with Crippen molar-refractivity contribution in [2.45, 2.75) is 18.8 Å². The fourth-order valence-electron chi connectivity index (χ4n) is 4.55. The first-order chi connectivity index (χ1) is 13.2. The largest absolute Gasteiger partial charge is 0.300 e. The summed E-state index contributed by atoms with van der Waals surface area (Å²) in [5.74, 6) is -0.413. The summed E-state index contributed by atoms with van der Waals surface area (Å²) in [6, 6.07) is 29.6. The topological polar surface area (TPSA) is 34.1 Å². The Morgan fingerprint density at radius 1 is 0.593 bits per heavy atom. The second-order valence-corrected chi connectivity index (χ2v) is 7.27. The quantitative estimate of drug-likeness (QED) is 0.585. The van der Waals surface area contributed by atoms with Crippen LogP contribution >= 0.6 is 0 Å². The lowest BCUT2D eigenvalue weighted by atomic mass is 9.50. The van der Waals surface area contributed by atoms with E-state index in [4.69, 9.17) is 0 Å². The van der Waals surface area contributed by atoms with Gasteiger partial charge in [0.2, 0.25) is 0 Å². The summed E-state index contributed by atoms with van der Waals surface area (Å²) in [7, 11) is 0. The van der Waals surface area contributed by atoms with E-state index >= 15 is 0 Å². The Bertz CT molecular complexity index is 932. The first-order valence-corrected chi connectivity index (χ1v) is 9.38. The minimum Gasteiger partial charge on any atom is -0.300 e. The van der Waals surface area contributed by atoms with Gasteiger partial charge in [0.15, 0.2) is 5.78 Å². The number of hydrogen-bond acceptors (Lipinski definition) is 2. The normalized spacial score (nSPS) is 24.0. The Kier molecular flexibility index (Phi) is 4.72. The summed E-state index contributed by atoms with van der Waals surface area (Å²) in [5, 5.41) is 0. The second-order valence-electron chi connectivity index (χ2n) is 7.27. The predicted molar refractivity (Wildman–Crippen MR) is 107 cm³/mol. The molecule has 0 aromatic heterocycles. The summed E-state index contributed by atoms with van der Waals surface area (Å²) in [5.41, 5.74) is 2.93. The summed E-state index contributed by atoms with van der Waals surface area (Å²) in [6.07, 6.45) is 0. The van der Waals surface area contributed by atoms with E-state index in [1.165, 1.54) is 0 Å². The van der Waals surface area contributed by atoms with E-state index in [1.54, 1.807) is 6.92 Å². The Labute approximate surface area is 159 Å². The number of Topliss-reactive ketones (excluding diaryl/α,β-unsaturated/α-hetero) is 2. The van der Waals surface area contributed by atoms with E-state index in [0.29, 0.717) is 5.56 Å². The van der Waals surface area contributed by atoms with Gasteiger partial charge in [-0.05, 0) is 18.1 Å². The lowest BCUT2D eigenvalue weighted by molar-refractivity contribution is -0.127. The molecule has 2 nitrogen and oxygen atoms in total. The first-order valence-electron chi connectivity index (χ1n) is 9.38. The van der Waals surface area contributed by atoms with Crippen LogP contribution in [0.1, 0.15) is 40.2 Å². The van der Waals surface area contributed by atoms with E-state index in [2.05, 4.69) is 24.3 Å². The minimum absolute atomic E-state index is 0.00945. The Hall–Kier alpha value is -3.00. The van der Waals surface area contributed by atoms with E-state index in [9.17, 15) is 9.59 Å². The van der Waals surface area contributed by atoms with E-state index < -0.39 is 0 Å². The molecule has 0 aliphatic heterocycles. The fourth-order valence-corrected chi connectivity index (χ4v) is 4.55. The van der Waals surface area contributed by atoms with Gasteiger partial charge < -0.3 is 0 Å². The first kappa shape index (κ1) is 17.4. The highest BCUT2D eigenvalue weighted by molar-refractivity contribution is 6.03. The summed E-state index contributed by atoms with van der Waals surface area (Å²) < 4.78 is 0. The molecule has 4 atom stereocenters. The lowest BCUT2D eigenvalue weighted by Crippen LogP contribution is -2.50. The smallest absolute Gasteiger partial charge is 0.167 e. The molecule has 27 heavy (non-hydrogen) atoms. The van der Waals surface area contributed by atoms with Crippen LogP contribution in [0.2, 0.25) is 0 Å². The molecule has 1 aliphatic carbocycles. The highest BCUT2D eigenvalue weighted by Crippen LogP contribution is 2.58. The van der Waals surface area contributed by atoms with Gasteiger partial charge in [0.05, 0.1) is 0 Å². The zero-order valence-electron chi connectivity index (χ0n) is 15.3. The van der Waals surface area contributed by atoms with Crippen LogP contribution in [0.15, 0.2) is 91.0 Å². The van der Waals surface area contributed by atoms with Gasteiger partial charge in [-0.1, -0.05) is 91.0 Å². The molecule has 1 fully saturated rings. The van der Waals surface area contributed by atoms with Crippen LogP contribution < -0.4 is 0 Å². The Morgan fingerprint density at radius 2 is 1.00 bits per heavy atom. The molecular formula is C25H22O2. The van der Waals surface area contributed by atoms with Crippen molar-refractivity contribution >= 4 is 11.6 Å². The van der Waals surface area contributed by atoms with Crippen LogP contribution in [-0.4, -0.2) is 11.6 Å². The van der Waals surface area contributed by atoms with Gasteiger partial charge >= 0.3 is 0 Å². The maximum atomic E-state index is 13.4. The third kappa shape index (κ3) is 3.12. The summed E-state index contributed by atoms with van der Waals surface area (Å²) in [6.45, 7) is 1.62. The van der Waals surface area contributed by atoms with Crippen LogP contribution in [0, 0.1) is 11.8 Å². The zero-order chi connectivity index (χ0) is 18.8. The van der Waals surface area contributed by atoms with Gasteiger partial charge in [-0.25, -0.2) is 0 Å². The van der Waals surface area contributed by atoms with Gasteiger partial charge in [-0.15, -0.1) is 0 Å². The Morgan fingerprint density at radius 3 is 1.44 bits per heavy atom. The Balaban J connectivity index is 1.80. The van der Waals surface area contributed by atoms with E-state index in [-0.39, 0.29) is 35.2 Å². The lowest BCUT2D eigenvalue weighted by Gasteiger charge is -2.51. The molecule has 134 valence electrons. The SMILES string of the molecule is CC(=O)[C@H]1[C@H](C(=O)c2ccccc2)[C@@H](c2ccccc2)[C@@H]1c1ccccc1. The molecule has 3 aromatic carbocycles. The van der Waals surface area contributed by atoms with Crippen LogP contribution in [0.4, 0.5) is 0 Å². The molecule has 0 radical (unpaired) electrons. The third-order valence-electron chi connectivity index (χ3n) is 5.75. The third-order valence-corrected chi connectivity index (χ3v) is 5.75. The average Bonchev–Trinajstić information content (AvgIpc) is 2.69. The minimum atomic E-state index is -0.322. The fraction of sp³-hybridized carbons (Fsp3) is 0.200. The molecule has 3 aromatic rings. The van der Waals surface area contributed by atoms with Crippen LogP contribution in [-0.2, 0) is 4.79 Å². The monoisotopic (exact) mass is 354 g/mol. The molecule has 0 unspecified atom stereocenters. The molecule has 1 saturated carbocycles. The number of benzene rings is 3. The van der Waals surface area contributed by atoms with Gasteiger partial charge in [0, 0.05) is 29.2 Å². The molecular weight excluding hydrogens is 332 g/mol. The van der Waals surface area contributed by atoms with Crippen molar-refractivity contribution in [3.8, 4) is 0 Å². The molecule has 2 heteroatoms. The molecule has 0 saturated heterocycles. The molecule has 0 heterocycles. The van der Waals surface area contributed by atoms with Crippen LogP contribution in [0.3, 0.4) is 0 Å². The standard InChI is InChI=1S/C25H22O2/c1-17(26)21-22(18-11-5-2-6-12-18)23(19-13-7-3-8-14-19)24(21)25(27)20-15-9-4-10-16-20/h2-16,21-24H,1H3/t21-,22-,23+,24+/m1/s1.